The van der Waals surface area contributed by atoms with Gasteiger partial charge in [-0.15, -0.1) is 0 Å². The molecule has 0 radical (unpaired) electrons. The minimum atomic E-state index is -0.320. The van der Waals surface area contributed by atoms with Crippen LogP contribution < -0.4 is 0 Å². The largest absolute Gasteiger partial charge is 0.466 e. The van der Waals surface area contributed by atoms with Crippen LogP contribution in [0.1, 0.15) is 18.9 Å². The Balaban J connectivity index is 2.57. The van der Waals surface area contributed by atoms with Crippen molar-refractivity contribution in [2.75, 3.05) is 20.2 Å². The van der Waals surface area contributed by atoms with E-state index in [1.807, 2.05) is 0 Å². The van der Waals surface area contributed by atoms with E-state index in [1.54, 1.807) is 38.2 Å². The van der Waals surface area contributed by atoms with Crippen LogP contribution in [0.2, 0.25) is 10.0 Å². The molecule has 0 aromatic heterocycles. The van der Waals surface area contributed by atoms with Gasteiger partial charge in [0.05, 0.1) is 23.1 Å². The third kappa shape index (κ3) is 5.78. The van der Waals surface area contributed by atoms with Crippen LogP contribution in [-0.4, -0.2) is 37.0 Å². The van der Waals surface area contributed by atoms with Gasteiger partial charge in [-0.1, -0.05) is 35.3 Å². The molecule has 0 spiro atoms. The molecular formula is C15H17Cl2NO3. The second-order valence-corrected chi connectivity index (χ2v) is 5.08. The minimum absolute atomic E-state index is 0.168. The number of hydrogen-bond acceptors (Lipinski definition) is 3. The predicted molar refractivity (Wildman–Crippen MR) is 84.4 cm³/mol. The number of carbonyl (C=O) groups excluding carboxylic acids is 2. The summed E-state index contributed by atoms with van der Waals surface area (Å²) in [6, 6.07) is 5.19. The van der Waals surface area contributed by atoms with Crippen molar-refractivity contribution in [3.8, 4) is 0 Å². The highest BCUT2D eigenvalue weighted by molar-refractivity contribution is 6.42. The van der Waals surface area contributed by atoms with Crippen molar-refractivity contribution < 1.29 is 14.3 Å². The van der Waals surface area contributed by atoms with Crippen molar-refractivity contribution in [2.45, 2.75) is 13.3 Å². The molecule has 114 valence electrons. The Kier molecular flexibility index (Phi) is 7.26. The maximum Gasteiger partial charge on any atom is 0.307 e. The minimum Gasteiger partial charge on any atom is -0.466 e. The number of likely N-dealkylation sites (N-methyl/N-ethyl adjacent to an activating group) is 1. The van der Waals surface area contributed by atoms with E-state index in [1.165, 1.54) is 11.0 Å². The van der Waals surface area contributed by atoms with Gasteiger partial charge in [0.2, 0.25) is 5.91 Å². The van der Waals surface area contributed by atoms with E-state index < -0.39 is 0 Å². The summed E-state index contributed by atoms with van der Waals surface area (Å²) in [5.74, 6) is -0.547. The first kappa shape index (κ1) is 17.5. The average Bonchev–Trinajstić information content (AvgIpc) is 2.46. The highest BCUT2D eigenvalue weighted by Gasteiger charge is 2.09. The fourth-order valence-electron chi connectivity index (χ4n) is 1.54. The summed E-state index contributed by atoms with van der Waals surface area (Å²) in [7, 11) is 1.62. The summed E-state index contributed by atoms with van der Waals surface area (Å²) >= 11 is 11.9. The van der Waals surface area contributed by atoms with Crippen molar-refractivity contribution in [3.63, 3.8) is 0 Å². The topological polar surface area (TPSA) is 46.6 Å². The summed E-state index contributed by atoms with van der Waals surface area (Å²) < 4.78 is 4.80. The van der Waals surface area contributed by atoms with Crippen LogP contribution in [0.25, 0.3) is 6.08 Å². The van der Waals surface area contributed by atoms with Crippen molar-refractivity contribution >= 4 is 41.2 Å². The van der Waals surface area contributed by atoms with Gasteiger partial charge in [0.25, 0.3) is 0 Å². The highest BCUT2D eigenvalue weighted by atomic mass is 35.5. The molecule has 6 heteroatoms. The molecule has 0 saturated carbocycles. The van der Waals surface area contributed by atoms with Crippen LogP contribution in [-0.2, 0) is 14.3 Å². The quantitative estimate of drug-likeness (QED) is 0.593. The summed E-state index contributed by atoms with van der Waals surface area (Å²) in [6.07, 6.45) is 3.15. The number of benzene rings is 1. The lowest BCUT2D eigenvalue weighted by Crippen LogP contribution is -2.27. The van der Waals surface area contributed by atoms with Gasteiger partial charge in [0.1, 0.15) is 0 Å². The van der Waals surface area contributed by atoms with Crippen LogP contribution in [0.15, 0.2) is 24.3 Å². The Labute approximate surface area is 134 Å². The third-order valence-electron chi connectivity index (χ3n) is 2.72. The lowest BCUT2D eigenvalue weighted by Gasteiger charge is -2.14. The zero-order valence-corrected chi connectivity index (χ0v) is 13.4. The first-order valence-electron chi connectivity index (χ1n) is 6.48. The van der Waals surface area contributed by atoms with Crippen molar-refractivity contribution in [3.05, 3.63) is 39.9 Å². The molecule has 0 unspecified atom stereocenters. The number of rotatable bonds is 6. The number of halogens is 2. The Morgan fingerprint density at radius 1 is 1.33 bits per heavy atom. The van der Waals surface area contributed by atoms with E-state index in [0.717, 1.165) is 0 Å². The second kappa shape index (κ2) is 8.70. The molecule has 4 nitrogen and oxygen atoms in total. The predicted octanol–water partition coefficient (Wildman–Crippen LogP) is 3.42. The standard InChI is InChI=1S/C15H17Cl2NO3/c1-3-21-14(20)9-10-18(2)13(19)8-7-11-5-4-6-12(16)15(11)17/h4-8H,3,9-10H2,1-2H3. The fraction of sp³-hybridized carbons (Fsp3) is 0.333. The van der Waals surface area contributed by atoms with Crippen molar-refractivity contribution in [1.82, 2.24) is 4.90 Å². The molecule has 1 amide bonds. The molecule has 0 aliphatic rings. The molecule has 0 saturated heterocycles. The molecule has 0 heterocycles. The fourth-order valence-corrected chi connectivity index (χ4v) is 1.91. The molecule has 0 fully saturated rings. The first-order chi connectivity index (χ1) is 9.95. The summed E-state index contributed by atoms with van der Waals surface area (Å²) in [5.41, 5.74) is 0.663. The van der Waals surface area contributed by atoms with E-state index >= 15 is 0 Å². The Morgan fingerprint density at radius 3 is 2.71 bits per heavy atom. The van der Waals surface area contributed by atoms with Crippen LogP contribution in [0.5, 0.6) is 0 Å². The highest BCUT2D eigenvalue weighted by Crippen LogP contribution is 2.26. The van der Waals surface area contributed by atoms with Crippen LogP contribution >= 0.6 is 23.2 Å². The lowest BCUT2D eigenvalue weighted by molar-refractivity contribution is -0.143. The summed E-state index contributed by atoms with van der Waals surface area (Å²) in [5, 5.41) is 0.833. The normalized spacial score (nSPS) is 10.7. The second-order valence-electron chi connectivity index (χ2n) is 4.29. The summed E-state index contributed by atoms with van der Waals surface area (Å²) in [4.78, 5) is 24.6. The van der Waals surface area contributed by atoms with Crippen molar-refractivity contribution in [1.29, 1.82) is 0 Å². The van der Waals surface area contributed by atoms with E-state index in [-0.39, 0.29) is 18.3 Å². The smallest absolute Gasteiger partial charge is 0.307 e. The molecule has 0 aliphatic heterocycles. The number of amides is 1. The SMILES string of the molecule is CCOC(=O)CCN(C)C(=O)C=Cc1cccc(Cl)c1Cl. The number of esters is 1. The molecule has 0 N–H and O–H groups in total. The Morgan fingerprint density at radius 2 is 2.05 bits per heavy atom. The molecule has 1 rings (SSSR count). The van der Waals surface area contributed by atoms with Crippen LogP contribution in [0.3, 0.4) is 0 Å². The zero-order chi connectivity index (χ0) is 15.8. The molecular weight excluding hydrogens is 313 g/mol. The van der Waals surface area contributed by atoms with E-state index in [0.29, 0.717) is 28.8 Å². The van der Waals surface area contributed by atoms with Gasteiger partial charge in [0, 0.05) is 19.7 Å². The maximum atomic E-state index is 11.9. The van der Waals surface area contributed by atoms with E-state index in [9.17, 15) is 9.59 Å². The van der Waals surface area contributed by atoms with Gasteiger partial charge in [-0.05, 0) is 24.6 Å². The maximum absolute atomic E-state index is 11.9. The van der Waals surface area contributed by atoms with Crippen LogP contribution in [0, 0.1) is 0 Å². The zero-order valence-electron chi connectivity index (χ0n) is 11.9. The number of hydrogen-bond donors (Lipinski definition) is 0. The molecule has 0 aliphatic carbocycles. The Hall–Kier alpha value is -1.52. The van der Waals surface area contributed by atoms with Gasteiger partial charge < -0.3 is 9.64 Å². The number of nitrogens with zero attached hydrogens (tertiary/aromatic N) is 1. The van der Waals surface area contributed by atoms with E-state index in [2.05, 4.69) is 0 Å². The molecule has 1 aromatic rings. The van der Waals surface area contributed by atoms with Gasteiger partial charge in [-0.3, -0.25) is 9.59 Å². The molecule has 21 heavy (non-hydrogen) atoms. The molecule has 0 bridgehead atoms. The van der Waals surface area contributed by atoms with Gasteiger partial charge in [-0.2, -0.15) is 0 Å². The van der Waals surface area contributed by atoms with E-state index in [4.69, 9.17) is 27.9 Å². The Bertz CT molecular complexity index is 544. The molecule has 0 atom stereocenters. The van der Waals surface area contributed by atoms with Crippen LogP contribution in [0.4, 0.5) is 0 Å². The molecule has 1 aromatic carbocycles. The third-order valence-corrected chi connectivity index (χ3v) is 3.55. The number of carbonyl (C=O) groups is 2. The van der Waals surface area contributed by atoms with Gasteiger partial charge in [0.15, 0.2) is 0 Å². The summed E-state index contributed by atoms with van der Waals surface area (Å²) in [6.45, 7) is 2.37. The number of ether oxygens (including phenoxy) is 1. The monoisotopic (exact) mass is 329 g/mol. The van der Waals surface area contributed by atoms with Gasteiger partial charge >= 0.3 is 5.97 Å². The van der Waals surface area contributed by atoms with Gasteiger partial charge in [-0.25, -0.2) is 0 Å². The van der Waals surface area contributed by atoms with Crippen molar-refractivity contribution in [2.24, 2.45) is 0 Å². The lowest BCUT2D eigenvalue weighted by atomic mass is 10.2. The average molecular weight is 330 g/mol. The first-order valence-corrected chi connectivity index (χ1v) is 7.24.